The van der Waals surface area contributed by atoms with Crippen molar-refractivity contribution in [1.29, 1.82) is 0 Å². The van der Waals surface area contributed by atoms with Gasteiger partial charge in [-0.15, -0.1) is 0 Å². The highest BCUT2D eigenvalue weighted by molar-refractivity contribution is 4.64. The Balaban J connectivity index is 1.71. The molecule has 0 N–H and O–H groups in total. The van der Waals surface area contributed by atoms with Crippen LogP contribution in [0.15, 0.2) is 0 Å². The van der Waals surface area contributed by atoms with E-state index in [2.05, 4.69) is 21.0 Å². The summed E-state index contributed by atoms with van der Waals surface area (Å²) in [5.41, 5.74) is 0. The van der Waals surface area contributed by atoms with Crippen LogP contribution in [0.3, 0.4) is 0 Å². The number of rotatable bonds is 16. The Morgan fingerprint density at radius 2 is 1.17 bits per heavy atom. The van der Waals surface area contributed by atoms with Gasteiger partial charge >= 0.3 is 0 Å². The molecule has 2 nitrogen and oxygen atoms in total. The number of quaternary nitrogens is 1. The molecule has 1 atom stereocenters. The van der Waals surface area contributed by atoms with Gasteiger partial charge in [-0.25, -0.2) is 0 Å². The molecule has 0 saturated carbocycles. The molecular weight excluding hydrogens is 294 g/mol. The van der Waals surface area contributed by atoms with Crippen molar-refractivity contribution in [1.82, 2.24) is 0 Å². The maximum absolute atomic E-state index is 6.03. The van der Waals surface area contributed by atoms with Crippen molar-refractivity contribution in [3.8, 4) is 0 Å². The Labute approximate surface area is 152 Å². The van der Waals surface area contributed by atoms with E-state index in [0.717, 1.165) is 11.1 Å². The summed E-state index contributed by atoms with van der Waals surface area (Å²) < 4.78 is 7.17. The Morgan fingerprint density at radius 1 is 0.708 bits per heavy atom. The average Bonchev–Trinajstić information content (AvgIpc) is 2.90. The minimum Gasteiger partial charge on any atom is -0.372 e. The lowest BCUT2D eigenvalue weighted by Gasteiger charge is -2.23. The van der Waals surface area contributed by atoms with Gasteiger partial charge in [0.25, 0.3) is 0 Å². The van der Waals surface area contributed by atoms with E-state index >= 15 is 0 Å². The molecule has 0 radical (unpaired) electrons. The molecule has 0 aromatic rings. The highest BCUT2D eigenvalue weighted by Crippen LogP contribution is 2.17. The second-order valence-corrected chi connectivity index (χ2v) is 8.72. The summed E-state index contributed by atoms with van der Waals surface area (Å²) >= 11 is 0. The third-order valence-corrected chi connectivity index (χ3v) is 5.61. The number of nitrogens with zero attached hydrogens (tertiary/aromatic N) is 1. The molecular formula is C22H46NO+. The molecule has 0 aliphatic carbocycles. The molecule has 1 saturated heterocycles. The smallest absolute Gasteiger partial charge is 0.112 e. The highest BCUT2D eigenvalue weighted by Gasteiger charge is 2.30. The average molecular weight is 341 g/mol. The maximum atomic E-state index is 6.03. The summed E-state index contributed by atoms with van der Waals surface area (Å²) in [5, 5.41) is 0. The van der Waals surface area contributed by atoms with Crippen LogP contribution in [-0.4, -0.2) is 44.4 Å². The zero-order valence-electron chi connectivity index (χ0n) is 17.2. The Kier molecular flexibility index (Phi) is 12.9. The minimum absolute atomic E-state index is 0.530. The van der Waals surface area contributed by atoms with Gasteiger partial charge < -0.3 is 9.22 Å². The third kappa shape index (κ3) is 12.3. The van der Waals surface area contributed by atoms with E-state index < -0.39 is 0 Å². The Bertz CT molecular complexity index is 277. The van der Waals surface area contributed by atoms with E-state index in [9.17, 15) is 0 Å². The van der Waals surface area contributed by atoms with Gasteiger partial charge in [0, 0.05) is 13.0 Å². The van der Waals surface area contributed by atoms with Crippen LogP contribution in [0.25, 0.3) is 0 Å². The summed E-state index contributed by atoms with van der Waals surface area (Å²) in [6.07, 6.45) is 21.8. The van der Waals surface area contributed by atoms with Gasteiger partial charge in [-0.1, -0.05) is 90.4 Å². The summed E-state index contributed by atoms with van der Waals surface area (Å²) in [6.45, 7) is 5.77. The molecule has 2 heteroatoms. The normalized spacial score (nSPS) is 19.9. The molecule has 1 unspecified atom stereocenters. The van der Waals surface area contributed by atoms with Crippen LogP contribution in [-0.2, 0) is 4.74 Å². The molecule has 0 bridgehead atoms. The zero-order chi connectivity index (χ0) is 17.5. The van der Waals surface area contributed by atoms with E-state index in [4.69, 9.17) is 4.74 Å². The van der Waals surface area contributed by atoms with Crippen molar-refractivity contribution in [2.45, 2.75) is 109 Å². The lowest BCUT2D eigenvalue weighted by molar-refractivity contribution is -0.879. The fourth-order valence-electron chi connectivity index (χ4n) is 3.91. The van der Waals surface area contributed by atoms with Gasteiger partial charge in [0.2, 0.25) is 0 Å². The number of hydrogen-bond donors (Lipinski definition) is 0. The minimum atomic E-state index is 0.530. The van der Waals surface area contributed by atoms with Crippen molar-refractivity contribution < 1.29 is 9.22 Å². The van der Waals surface area contributed by atoms with Crippen molar-refractivity contribution in [2.24, 2.45) is 0 Å². The quantitative estimate of drug-likeness (QED) is 0.235. The van der Waals surface area contributed by atoms with Gasteiger partial charge in [-0.2, -0.15) is 0 Å². The maximum Gasteiger partial charge on any atom is 0.112 e. The van der Waals surface area contributed by atoms with E-state index in [1.807, 2.05) is 0 Å². The van der Waals surface area contributed by atoms with Gasteiger partial charge in [0.15, 0.2) is 0 Å². The van der Waals surface area contributed by atoms with Crippen molar-refractivity contribution in [2.75, 3.05) is 33.8 Å². The first kappa shape index (κ1) is 22.0. The second kappa shape index (κ2) is 14.1. The predicted molar refractivity (Wildman–Crippen MR) is 107 cm³/mol. The van der Waals surface area contributed by atoms with Crippen LogP contribution in [0, 0.1) is 0 Å². The summed E-state index contributed by atoms with van der Waals surface area (Å²) in [5.74, 6) is 0. The molecule has 144 valence electrons. The van der Waals surface area contributed by atoms with Crippen molar-refractivity contribution >= 4 is 0 Å². The van der Waals surface area contributed by atoms with Gasteiger partial charge in [-0.05, 0) is 6.42 Å². The van der Waals surface area contributed by atoms with Crippen LogP contribution in [0.2, 0.25) is 0 Å². The van der Waals surface area contributed by atoms with Crippen molar-refractivity contribution in [3.63, 3.8) is 0 Å². The highest BCUT2D eigenvalue weighted by atomic mass is 16.5. The molecule has 0 aromatic heterocycles. The molecule has 1 rings (SSSR count). The molecule has 0 aromatic carbocycles. The van der Waals surface area contributed by atoms with Crippen LogP contribution in [0.4, 0.5) is 0 Å². The van der Waals surface area contributed by atoms with Crippen LogP contribution in [0.5, 0.6) is 0 Å². The first-order valence-electron chi connectivity index (χ1n) is 11.1. The summed E-state index contributed by atoms with van der Waals surface area (Å²) in [6, 6.07) is 0. The van der Waals surface area contributed by atoms with Crippen LogP contribution in [0.1, 0.15) is 103 Å². The van der Waals surface area contributed by atoms with E-state index in [1.165, 1.54) is 109 Å². The standard InChI is InChI=1S/C22H46NO/c1-4-5-6-7-8-9-10-11-12-13-14-15-16-17-20-24-22-18-19-23(2,3)21-22/h22H,4-21H2,1-3H3/q+1. The predicted octanol–water partition coefficient (Wildman–Crippen LogP) is 6.33. The topological polar surface area (TPSA) is 9.23 Å². The molecule has 0 spiro atoms. The largest absolute Gasteiger partial charge is 0.372 e. The molecule has 24 heavy (non-hydrogen) atoms. The fraction of sp³-hybridized carbons (Fsp3) is 1.00. The third-order valence-electron chi connectivity index (χ3n) is 5.61. The van der Waals surface area contributed by atoms with Crippen molar-refractivity contribution in [3.05, 3.63) is 0 Å². The van der Waals surface area contributed by atoms with Crippen LogP contribution >= 0.6 is 0 Å². The monoisotopic (exact) mass is 340 g/mol. The summed E-state index contributed by atoms with van der Waals surface area (Å²) in [4.78, 5) is 0. The van der Waals surface area contributed by atoms with E-state index in [0.29, 0.717) is 6.10 Å². The number of likely N-dealkylation sites (tertiary alicyclic amines) is 1. The molecule has 1 fully saturated rings. The van der Waals surface area contributed by atoms with Gasteiger partial charge in [0.1, 0.15) is 12.6 Å². The first-order valence-corrected chi connectivity index (χ1v) is 11.1. The lowest BCUT2D eigenvalue weighted by Crippen LogP contribution is -2.37. The number of hydrogen-bond acceptors (Lipinski definition) is 1. The van der Waals surface area contributed by atoms with Gasteiger partial charge in [-0.3, -0.25) is 0 Å². The van der Waals surface area contributed by atoms with Crippen LogP contribution < -0.4 is 0 Å². The lowest BCUT2D eigenvalue weighted by atomic mass is 10.0. The number of unbranched alkanes of at least 4 members (excludes halogenated alkanes) is 13. The van der Waals surface area contributed by atoms with Gasteiger partial charge in [0.05, 0.1) is 20.6 Å². The number of likely N-dealkylation sites (N-methyl/N-ethyl adjacent to an activating group) is 1. The Morgan fingerprint density at radius 3 is 1.58 bits per heavy atom. The van der Waals surface area contributed by atoms with E-state index in [1.54, 1.807) is 0 Å². The molecule has 1 aliphatic heterocycles. The molecule has 1 aliphatic rings. The Hall–Kier alpha value is -0.0800. The molecule has 0 amide bonds. The fourth-order valence-corrected chi connectivity index (χ4v) is 3.91. The molecule has 1 heterocycles. The first-order chi connectivity index (χ1) is 11.6. The second-order valence-electron chi connectivity index (χ2n) is 8.72. The number of ether oxygens (including phenoxy) is 1. The SMILES string of the molecule is CCCCCCCCCCCCCCCCOC1CC[N+](C)(C)C1. The zero-order valence-corrected chi connectivity index (χ0v) is 17.2. The van der Waals surface area contributed by atoms with E-state index in [-0.39, 0.29) is 0 Å². The summed E-state index contributed by atoms with van der Waals surface area (Å²) in [7, 11) is 4.63.